The van der Waals surface area contributed by atoms with E-state index in [9.17, 15) is 8.42 Å². The largest absolute Gasteiger partial charge is 0.397 e. The van der Waals surface area contributed by atoms with Crippen LogP contribution in [0.15, 0.2) is 23.1 Å². The summed E-state index contributed by atoms with van der Waals surface area (Å²) >= 11 is 5.75. The Kier molecular flexibility index (Phi) is 6.57. The van der Waals surface area contributed by atoms with Crippen LogP contribution in [0, 0.1) is 0 Å². The topological polar surface area (TPSA) is 81.4 Å². The third-order valence-electron chi connectivity index (χ3n) is 2.46. The van der Waals surface area contributed by atoms with Crippen LogP contribution in [0.1, 0.15) is 19.8 Å². The number of ether oxygens (including phenoxy) is 1. The fourth-order valence-electron chi connectivity index (χ4n) is 1.37. The molecule has 3 N–H and O–H groups in total. The summed E-state index contributed by atoms with van der Waals surface area (Å²) in [6.45, 7) is 3.29. The Morgan fingerprint density at radius 1 is 1.37 bits per heavy atom. The highest BCUT2D eigenvalue weighted by molar-refractivity contribution is 7.89. The lowest BCUT2D eigenvalue weighted by Crippen LogP contribution is -2.27. The molecule has 108 valence electrons. The van der Waals surface area contributed by atoms with Crippen molar-refractivity contribution in [3.05, 3.63) is 23.2 Å². The minimum Gasteiger partial charge on any atom is -0.397 e. The number of nitrogens with two attached hydrogens (primary N) is 1. The second-order valence-electron chi connectivity index (χ2n) is 4.05. The summed E-state index contributed by atoms with van der Waals surface area (Å²) in [5.41, 5.74) is 5.82. The Morgan fingerprint density at radius 2 is 2.11 bits per heavy atom. The number of sulfonamides is 1. The SMILES string of the molecule is CCCCOCCNS(=O)(=O)c1ccc(Cl)c(N)c1. The number of hydrogen-bond acceptors (Lipinski definition) is 4. The Balaban J connectivity index is 2.49. The van der Waals surface area contributed by atoms with Gasteiger partial charge < -0.3 is 10.5 Å². The number of benzene rings is 1. The van der Waals surface area contributed by atoms with Gasteiger partial charge >= 0.3 is 0 Å². The first-order chi connectivity index (χ1) is 8.97. The average molecular weight is 307 g/mol. The first kappa shape index (κ1) is 16.2. The van der Waals surface area contributed by atoms with Gasteiger partial charge in [-0.15, -0.1) is 0 Å². The van der Waals surface area contributed by atoms with Gasteiger partial charge in [-0.25, -0.2) is 13.1 Å². The van der Waals surface area contributed by atoms with Gasteiger partial charge in [-0.3, -0.25) is 0 Å². The maximum atomic E-state index is 11.9. The van der Waals surface area contributed by atoms with Crippen molar-refractivity contribution in [3.8, 4) is 0 Å². The van der Waals surface area contributed by atoms with Crippen molar-refractivity contribution in [2.75, 3.05) is 25.5 Å². The first-order valence-corrected chi connectivity index (χ1v) is 7.96. The molecule has 0 aliphatic carbocycles. The molecule has 0 aromatic heterocycles. The van der Waals surface area contributed by atoms with Gasteiger partial charge in [0.25, 0.3) is 0 Å². The molecule has 1 aromatic rings. The van der Waals surface area contributed by atoms with Crippen LogP contribution in [-0.2, 0) is 14.8 Å². The molecule has 0 atom stereocenters. The van der Waals surface area contributed by atoms with Crippen molar-refractivity contribution in [1.82, 2.24) is 4.72 Å². The molecule has 0 aliphatic rings. The van der Waals surface area contributed by atoms with Crippen LogP contribution < -0.4 is 10.5 Å². The minimum absolute atomic E-state index is 0.1000. The number of nitrogens with one attached hydrogen (secondary N) is 1. The molecule has 0 unspecified atom stereocenters. The average Bonchev–Trinajstić information content (AvgIpc) is 2.36. The van der Waals surface area contributed by atoms with E-state index in [1.165, 1.54) is 18.2 Å². The van der Waals surface area contributed by atoms with E-state index in [-0.39, 0.29) is 17.1 Å². The lowest BCUT2D eigenvalue weighted by atomic mass is 10.3. The minimum atomic E-state index is -3.56. The number of rotatable bonds is 8. The van der Waals surface area contributed by atoms with Gasteiger partial charge in [0, 0.05) is 13.2 Å². The summed E-state index contributed by atoms with van der Waals surface area (Å²) < 4.78 is 31.6. The van der Waals surface area contributed by atoms with Crippen molar-refractivity contribution >= 4 is 27.3 Å². The van der Waals surface area contributed by atoms with Crippen LogP contribution in [0.2, 0.25) is 5.02 Å². The van der Waals surface area contributed by atoms with E-state index in [4.69, 9.17) is 22.1 Å². The fraction of sp³-hybridized carbons (Fsp3) is 0.500. The van der Waals surface area contributed by atoms with Gasteiger partial charge in [-0.05, 0) is 24.6 Å². The van der Waals surface area contributed by atoms with Crippen LogP contribution in [0.5, 0.6) is 0 Å². The molecule has 0 saturated heterocycles. The molecule has 0 amide bonds. The maximum absolute atomic E-state index is 11.9. The van der Waals surface area contributed by atoms with Crippen molar-refractivity contribution in [1.29, 1.82) is 0 Å². The molecule has 0 aliphatic heterocycles. The summed E-state index contributed by atoms with van der Waals surface area (Å²) in [6.07, 6.45) is 2.02. The van der Waals surface area contributed by atoms with E-state index in [0.29, 0.717) is 18.2 Å². The molecule has 1 rings (SSSR count). The van der Waals surface area contributed by atoms with Crippen LogP contribution in [-0.4, -0.2) is 28.2 Å². The monoisotopic (exact) mass is 306 g/mol. The molecular weight excluding hydrogens is 288 g/mol. The molecule has 7 heteroatoms. The van der Waals surface area contributed by atoms with Crippen LogP contribution in [0.3, 0.4) is 0 Å². The predicted molar refractivity (Wildman–Crippen MR) is 76.8 cm³/mol. The first-order valence-electron chi connectivity index (χ1n) is 6.10. The summed E-state index contributed by atoms with van der Waals surface area (Å²) in [5.74, 6) is 0. The van der Waals surface area contributed by atoms with Crippen molar-refractivity contribution in [3.63, 3.8) is 0 Å². The summed E-state index contributed by atoms with van der Waals surface area (Å²) in [4.78, 5) is 0.1000. The highest BCUT2D eigenvalue weighted by atomic mass is 35.5. The van der Waals surface area contributed by atoms with Gasteiger partial charge in [0.15, 0.2) is 0 Å². The van der Waals surface area contributed by atoms with Crippen molar-refractivity contribution < 1.29 is 13.2 Å². The molecule has 0 fully saturated rings. The second kappa shape index (κ2) is 7.69. The summed E-state index contributed by atoms with van der Waals surface area (Å²) in [5, 5.41) is 0.335. The summed E-state index contributed by atoms with van der Waals surface area (Å²) in [7, 11) is -3.56. The maximum Gasteiger partial charge on any atom is 0.240 e. The van der Waals surface area contributed by atoms with Gasteiger partial charge in [-0.2, -0.15) is 0 Å². The smallest absolute Gasteiger partial charge is 0.240 e. The van der Waals surface area contributed by atoms with Crippen molar-refractivity contribution in [2.45, 2.75) is 24.7 Å². The van der Waals surface area contributed by atoms with Gasteiger partial charge in [0.1, 0.15) is 0 Å². The number of nitrogen functional groups attached to an aromatic ring is 1. The molecule has 0 bridgehead atoms. The third kappa shape index (κ3) is 5.36. The van der Waals surface area contributed by atoms with E-state index < -0.39 is 10.0 Å². The third-order valence-corrected chi connectivity index (χ3v) is 4.26. The Hall–Kier alpha value is -0.820. The summed E-state index contributed by atoms with van der Waals surface area (Å²) in [6, 6.07) is 4.21. The number of anilines is 1. The molecular formula is C12H19ClN2O3S. The fourth-order valence-corrected chi connectivity index (χ4v) is 2.53. The Labute approximate surface area is 119 Å². The normalized spacial score (nSPS) is 11.7. The second-order valence-corrected chi connectivity index (χ2v) is 6.22. The zero-order valence-electron chi connectivity index (χ0n) is 10.9. The Bertz CT molecular complexity index is 506. The molecule has 1 aromatic carbocycles. The zero-order chi connectivity index (χ0) is 14.3. The number of halogens is 1. The number of hydrogen-bond donors (Lipinski definition) is 2. The quantitative estimate of drug-likeness (QED) is 0.568. The number of unbranched alkanes of at least 4 members (excludes halogenated alkanes) is 1. The molecule has 5 nitrogen and oxygen atoms in total. The molecule has 19 heavy (non-hydrogen) atoms. The van der Waals surface area contributed by atoms with Crippen LogP contribution in [0.25, 0.3) is 0 Å². The molecule has 0 saturated carbocycles. The van der Waals surface area contributed by atoms with Crippen LogP contribution >= 0.6 is 11.6 Å². The zero-order valence-corrected chi connectivity index (χ0v) is 12.4. The highest BCUT2D eigenvalue weighted by Gasteiger charge is 2.14. The van der Waals surface area contributed by atoms with E-state index in [1.54, 1.807) is 0 Å². The van der Waals surface area contributed by atoms with E-state index >= 15 is 0 Å². The molecule has 0 spiro atoms. The van der Waals surface area contributed by atoms with Crippen LogP contribution in [0.4, 0.5) is 5.69 Å². The van der Waals surface area contributed by atoms with Gasteiger partial charge in [0.2, 0.25) is 10.0 Å². The van der Waals surface area contributed by atoms with Gasteiger partial charge in [0.05, 0.1) is 22.2 Å². The van der Waals surface area contributed by atoms with E-state index in [1.807, 2.05) is 0 Å². The lowest BCUT2D eigenvalue weighted by molar-refractivity contribution is 0.136. The van der Waals surface area contributed by atoms with Gasteiger partial charge in [-0.1, -0.05) is 24.9 Å². The lowest BCUT2D eigenvalue weighted by Gasteiger charge is -2.08. The Morgan fingerprint density at radius 3 is 2.74 bits per heavy atom. The molecule has 0 heterocycles. The van der Waals surface area contributed by atoms with Crippen molar-refractivity contribution in [2.24, 2.45) is 0 Å². The highest BCUT2D eigenvalue weighted by Crippen LogP contribution is 2.21. The predicted octanol–water partition coefficient (Wildman–Crippen LogP) is 2.02. The molecule has 0 radical (unpaired) electrons. The van der Waals surface area contributed by atoms with E-state index in [2.05, 4.69) is 11.6 Å². The standard InChI is InChI=1S/C12H19ClN2O3S/c1-2-3-7-18-8-6-15-19(16,17)10-4-5-11(13)12(14)9-10/h4-5,9,15H,2-3,6-8,14H2,1H3. The van der Waals surface area contributed by atoms with E-state index in [0.717, 1.165) is 12.8 Å².